The van der Waals surface area contributed by atoms with Gasteiger partial charge in [-0.05, 0) is 12.1 Å². The highest BCUT2D eigenvalue weighted by Crippen LogP contribution is 2.27. The first-order valence-corrected chi connectivity index (χ1v) is 3.64. The van der Waals surface area contributed by atoms with Gasteiger partial charge in [-0.1, -0.05) is 6.58 Å². The molecule has 0 unspecified atom stereocenters. The lowest BCUT2D eigenvalue weighted by atomic mass is 10.2. The highest BCUT2D eigenvalue weighted by molar-refractivity contribution is 6.06. The fourth-order valence-electron chi connectivity index (χ4n) is 1.27. The molecule has 1 aliphatic rings. The lowest BCUT2D eigenvalue weighted by Gasteiger charge is -2.07. The van der Waals surface area contributed by atoms with E-state index in [0.717, 1.165) is 11.3 Å². The molecule has 0 spiro atoms. The van der Waals surface area contributed by atoms with Gasteiger partial charge in [0, 0.05) is 24.5 Å². The first-order chi connectivity index (χ1) is 5.72. The molecule has 0 atom stereocenters. The molecule has 2 heterocycles. The number of carbonyl (C=O) groups is 1. The maximum Gasteiger partial charge on any atom is 0.277 e. The van der Waals surface area contributed by atoms with Gasteiger partial charge in [-0.3, -0.25) is 9.78 Å². The lowest BCUT2D eigenvalue weighted by Crippen LogP contribution is -2.17. The Morgan fingerprint density at radius 2 is 2.33 bits per heavy atom. The van der Waals surface area contributed by atoms with Crippen LogP contribution in [0, 0.1) is 0 Å². The molecule has 0 aliphatic carbocycles. The van der Waals surface area contributed by atoms with E-state index in [0.29, 0.717) is 5.69 Å². The van der Waals surface area contributed by atoms with Crippen LogP contribution in [0.5, 0.6) is 0 Å². The summed E-state index contributed by atoms with van der Waals surface area (Å²) in [6.07, 6.45) is 1.61. The van der Waals surface area contributed by atoms with Crippen LogP contribution in [-0.4, -0.2) is 22.8 Å². The van der Waals surface area contributed by atoms with Gasteiger partial charge in [0.05, 0.1) is 0 Å². The molecule has 1 amide bonds. The molecular formula is C9H8N2O. The number of aromatic nitrogens is 1. The summed E-state index contributed by atoms with van der Waals surface area (Å²) in [6, 6.07) is 3.66. The fraction of sp³-hybridized carbons (Fsp3) is 0.111. The van der Waals surface area contributed by atoms with Crippen LogP contribution in [0.4, 0.5) is 0 Å². The van der Waals surface area contributed by atoms with Crippen molar-refractivity contribution in [1.82, 2.24) is 9.88 Å². The maximum atomic E-state index is 11.4. The summed E-state index contributed by atoms with van der Waals surface area (Å²) < 4.78 is 0. The zero-order valence-electron chi connectivity index (χ0n) is 6.74. The third kappa shape index (κ3) is 0.704. The van der Waals surface area contributed by atoms with E-state index in [9.17, 15) is 4.79 Å². The van der Waals surface area contributed by atoms with Gasteiger partial charge >= 0.3 is 0 Å². The van der Waals surface area contributed by atoms with Gasteiger partial charge in [0.1, 0.15) is 5.69 Å². The van der Waals surface area contributed by atoms with Crippen LogP contribution in [0.1, 0.15) is 16.1 Å². The predicted molar refractivity (Wildman–Crippen MR) is 45.4 cm³/mol. The van der Waals surface area contributed by atoms with Crippen molar-refractivity contribution in [2.45, 2.75) is 0 Å². The van der Waals surface area contributed by atoms with E-state index < -0.39 is 0 Å². The van der Waals surface area contributed by atoms with Crippen LogP contribution in [0.25, 0.3) is 5.70 Å². The van der Waals surface area contributed by atoms with E-state index in [1.807, 2.05) is 6.07 Å². The topological polar surface area (TPSA) is 33.2 Å². The van der Waals surface area contributed by atoms with Gasteiger partial charge in [-0.25, -0.2) is 0 Å². The van der Waals surface area contributed by atoms with E-state index in [-0.39, 0.29) is 5.91 Å². The minimum absolute atomic E-state index is 0.0735. The molecule has 0 radical (unpaired) electrons. The van der Waals surface area contributed by atoms with Crippen molar-refractivity contribution in [3.63, 3.8) is 0 Å². The number of rotatable bonds is 0. The van der Waals surface area contributed by atoms with Crippen molar-refractivity contribution in [3.8, 4) is 0 Å². The Morgan fingerprint density at radius 3 is 3.00 bits per heavy atom. The van der Waals surface area contributed by atoms with Crippen LogP contribution >= 0.6 is 0 Å². The number of fused-ring (bicyclic) bond motifs is 1. The third-order valence-electron chi connectivity index (χ3n) is 2.03. The normalized spacial score (nSPS) is 15.2. The quantitative estimate of drug-likeness (QED) is 0.570. The summed E-state index contributed by atoms with van der Waals surface area (Å²) in [6.45, 7) is 3.79. The van der Waals surface area contributed by atoms with Crippen LogP contribution in [0.2, 0.25) is 0 Å². The molecule has 3 nitrogen and oxygen atoms in total. The molecule has 0 fully saturated rings. The average molecular weight is 160 g/mol. The van der Waals surface area contributed by atoms with E-state index >= 15 is 0 Å². The summed E-state index contributed by atoms with van der Waals surface area (Å²) >= 11 is 0. The van der Waals surface area contributed by atoms with E-state index in [1.165, 1.54) is 4.90 Å². The maximum absolute atomic E-state index is 11.4. The highest BCUT2D eigenvalue weighted by atomic mass is 16.2. The third-order valence-corrected chi connectivity index (χ3v) is 2.03. The van der Waals surface area contributed by atoms with Crippen LogP contribution < -0.4 is 0 Å². The van der Waals surface area contributed by atoms with Gasteiger partial charge in [0.25, 0.3) is 5.91 Å². The summed E-state index contributed by atoms with van der Waals surface area (Å²) in [5.41, 5.74) is 2.07. The molecule has 0 N–H and O–H groups in total. The second-order valence-corrected chi connectivity index (χ2v) is 2.71. The van der Waals surface area contributed by atoms with Crippen LogP contribution in [0.3, 0.4) is 0 Å². The van der Waals surface area contributed by atoms with E-state index in [4.69, 9.17) is 0 Å². The summed E-state index contributed by atoms with van der Waals surface area (Å²) in [7, 11) is 1.70. The van der Waals surface area contributed by atoms with Crippen molar-refractivity contribution in [2.75, 3.05) is 7.05 Å². The zero-order chi connectivity index (χ0) is 8.72. The number of amides is 1. The second-order valence-electron chi connectivity index (χ2n) is 2.71. The van der Waals surface area contributed by atoms with Crippen molar-refractivity contribution in [1.29, 1.82) is 0 Å². The van der Waals surface area contributed by atoms with Crippen LogP contribution in [0.15, 0.2) is 24.9 Å². The zero-order valence-corrected chi connectivity index (χ0v) is 6.74. The molecule has 0 aromatic carbocycles. The average Bonchev–Trinajstić information content (AvgIpc) is 2.33. The van der Waals surface area contributed by atoms with Gasteiger partial charge < -0.3 is 4.90 Å². The monoisotopic (exact) mass is 160 g/mol. The Hall–Kier alpha value is -1.64. The first kappa shape index (κ1) is 7.03. The Kier molecular flexibility index (Phi) is 1.27. The van der Waals surface area contributed by atoms with Crippen molar-refractivity contribution in [3.05, 3.63) is 36.2 Å². The molecule has 0 saturated heterocycles. The molecular weight excluding hydrogens is 152 g/mol. The van der Waals surface area contributed by atoms with Gasteiger partial charge in [0.2, 0.25) is 0 Å². The predicted octanol–water partition coefficient (Wildman–Crippen LogP) is 1.14. The molecule has 0 bridgehead atoms. The largest absolute Gasteiger partial charge is 0.310 e. The molecule has 1 aliphatic heterocycles. The lowest BCUT2D eigenvalue weighted by molar-refractivity contribution is 0.0870. The Labute approximate surface area is 70.3 Å². The van der Waals surface area contributed by atoms with Crippen molar-refractivity contribution >= 4 is 11.6 Å². The van der Waals surface area contributed by atoms with Crippen molar-refractivity contribution in [2.24, 2.45) is 0 Å². The summed E-state index contributed by atoms with van der Waals surface area (Å²) in [4.78, 5) is 16.9. The minimum atomic E-state index is -0.0735. The van der Waals surface area contributed by atoms with E-state index in [1.54, 1.807) is 19.3 Å². The summed E-state index contributed by atoms with van der Waals surface area (Å²) in [5.74, 6) is -0.0735. The van der Waals surface area contributed by atoms with Gasteiger partial charge in [-0.2, -0.15) is 0 Å². The van der Waals surface area contributed by atoms with Gasteiger partial charge in [-0.15, -0.1) is 0 Å². The highest BCUT2D eigenvalue weighted by Gasteiger charge is 2.28. The van der Waals surface area contributed by atoms with Crippen LogP contribution in [-0.2, 0) is 0 Å². The molecule has 0 saturated carbocycles. The van der Waals surface area contributed by atoms with Crippen molar-refractivity contribution < 1.29 is 4.79 Å². The number of hydrogen-bond donors (Lipinski definition) is 0. The number of carbonyl (C=O) groups excluding carboxylic acids is 1. The number of hydrogen-bond acceptors (Lipinski definition) is 2. The van der Waals surface area contributed by atoms with Gasteiger partial charge in [0.15, 0.2) is 0 Å². The fourth-order valence-corrected chi connectivity index (χ4v) is 1.27. The number of pyridine rings is 1. The molecule has 1 aromatic rings. The molecule has 3 heteroatoms. The standard InChI is InChI=1S/C9H8N2O/c1-6-7-4-3-5-10-8(7)9(12)11(6)2/h3-5H,1H2,2H3. The SMILES string of the molecule is C=C1c2cccnc2C(=O)N1C. The molecule has 2 rings (SSSR count). The molecule has 1 aromatic heterocycles. The molecule has 12 heavy (non-hydrogen) atoms. The Morgan fingerprint density at radius 1 is 1.58 bits per heavy atom. The number of nitrogens with zero attached hydrogens (tertiary/aromatic N) is 2. The van der Waals surface area contributed by atoms with E-state index in [2.05, 4.69) is 11.6 Å². The Balaban J connectivity index is 2.67. The summed E-state index contributed by atoms with van der Waals surface area (Å²) in [5, 5.41) is 0. The first-order valence-electron chi connectivity index (χ1n) is 3.64. The second kappa shape index (κ2) is 2.17. The molecule has 60 valence electrons. The Bertz CT molecular complexity index is 336. The minimum Gasteiger partial charge on any atom is -0.310 e. The smallest absolute Gasteiger partial charge is 0.277 e.